The van der Waals surface area contributed by atoms with E-state index in [2.05, 4.69) is 9.97 Å². The Morgan fingerprint density at radius 2 is 1.96 bits per heavy atom. The number of anilines is 1. The average Bonchev–Trinajstić information content (AvgIpc) is 3.08. The van der Waals surface area contributed by atoms with Crippen LogP contribution in [0.4, 0.5) is 10.1 Å². The normalized spacial score (nSPS) is 15.0. The number of nitrogens with one attached hydrogen (secondary N) is 2. The van der Waals surface area contributed by atoms with Crippen molar-refractivity contribution in [1.82, 2.24) is 9.97 Å². The fraction of sp³-hybridized carbons (Fsp3) is 0.0588. The van der Waals surface area contributed by atoms with Crippen LogP contribution < -0.4 is 4.90 Å². The summed E-state index contributed by atoms with van der Waals surface area (Å²) in [5, 5.41) is 18.6. The Morgan fingerprint density at radius 3 is 2.74 bits per heavy atom. The molecule has 0 fully saturated rings. The van der Waals surface area contributed by atoms with Crippen LogP contribution in [0.1, 0.15) is 5.82 Å². The summed E-state index contributed by atoms with van der Waals surface area (Å²) < 4.78 is 13.3. The fourth-order valence-corrected chi connectivity index (χ4v) is 2.76. The van der Waals surface area contributed by atoms with Crippen LogP contribution in [-0.4, -0.2) is 27.5 Å². The van der Waals surface area contributed by atoms with E-state index >= 15 is 0 Å². The molecular weight excluding hydrogens is 295 g/mol. The number of aliphatic hydroxyl groups is 1. The summed E-state index contributed by atoms with van der Waals surface area (Å²) in [6, 6.07) is 13.6. The van der Waals surface area contributed by atoms with Gasteiger partial charge in [-0.25, -0.2) is 9.37 Å². The van der Waals surface area contributed by atoms with Crippen LogP contribution in [0, 0.1) is 11.2 Å². The number of imidazole rings is 1. The van der Waals surface area contributed by atoms with Gasteiger partial charge in [0, 0.05) is 5.69 Å². The van der Waals surface area contributed by atoms with Crippen molar-refractivity contribution >= 4 is 28.1 Å². The van der Waals surface area contributed by atoms with E-state index in [-0.39, 0.29) is 24.0 Å². The smallest absolute Gasteiger partial charge is 0.145 e. The maximum Gasteiger partial charge on any atom is 0.145 e. The molecule has 2 aromatic carbocycles. The van der Waals surface area contributed by atoms with Gasteiger partial charge in [-0.05, 0) is 30.3 Å². The van der Waals surface area contributed by atoms with E-state index < -0.39 is 0 Å². The number of para-hydroxylation sites is 1. The highest BCUT2D eigenvalue weighted by atomic mass is 19.1. The van der Waals surface area contributed by atoms with Gasteiger partial charge in [0.05, 0.1) is 23.2 Å². The number of aliphatic hydroxyl groups excluding tert-OH is 1. The van der Waals surface area contributed by atoms with E-state index in [4.69, 9.17) is 5.41 Å². The molecular formula is C17H13FN4O. The minimum absolute atomic E-state index is 0.0679. The van der Waals surface area contributed by atoms with E-state index in [1.165, 1.54) is 12.1 Å². The van der Waals surface area contributed by atoms with Gasteiger partial charge in [-0.1, -0.05) is 18.2 Å². The van der Waals surface area contributed by atoms with Gasteiger partial charge in [-0.15, -0.1) is 0 Å². The van der Waals surface area contributed by atoms with Crippen LogP contribution in [0.2, 0.25) is 0 Å². The molecule has 0 unspecified atom stereocenters. The van der Waals surface area contributed by atoms with Crippen molar-refractivity contribution in [2.24, 2.45) is 0 Å². The predicted octanol–water partition coefficient (Wildman–Crippen LogP) is 3.47. The van der Waals surface area contributed by atoms with Gasteiger partial charge in [0.1, 0.15) is 23.2 Å². The highest BCUT2D eigenvalue weighted by Crippen LogP contribution is 2.30. The lowest BCUT2D eigenvalue weighted by Gasteiger charge is -2.18. The van der Waals surface area contributed by atoms with Crippen LogP contribution in [0.5, 0.6) is 0 Å². The maximum atomic E-state index is 13.3. The van der Waals surface area contributed by atoms with E-state index in [1.54, 1.807) is 11.0 Å². The SMILES string of the molecule is N=C1C(c2nc3ccc(F)cc3[nH]2)=C(O)CN1c1ccccc1. The number of hydrogen-bond donors (Lipinski definition) is 3. The Hall–Kier alpha value is -3.15. The van der Waals surface area contributed by atoms with Crippen molar-refractivity contribution in [3.8, 4) is 0 Å². The van der Waals surface area contributed by atoms with Crippen molar-refractivity contribution in [2.75, 3.05) is 11.4 Å². The molecule has 0 atom stereocenters. The Labute approximate surface area is 131 Å². The summed E-state index contributed by atoms with van der Waals surface area (Å²) >= 11 is 0. The summed E-state index contributed by atoms with van der Waals surface area (Å²) in [5.41, 5.74) is 2.28. The van der Waals surface area contributed by atoms with Crippen molar-refractivity contribution in [2.45, 2.75) is 0 Å². The van der Waals surface area contributed by atoms with E-state index in [9.17, 15) is 9.50 Å². The topological polar surface area (TPSA) is 76.0 Å². The van der Waals surface area contributed by atoms with Crippen LogP contribution in [0.3, 0.4) is 0 Å². The monoisotopic (exact) mass is 308 g/mol. The number of nitrogens with zero attached hydrogens (tertiary/aromatic N) is 2. The lowest BCUT2D eigenvalue weighted by atomic mass is 10.2. The molecule has 0 bridgehead atoms. The number of benzene rings is 2. The predicted molar refractivity (Wildman–Crippen MR) is 87.1 cm³/mol. The first-order chi connectivity index (χ1) is 11.1. The largest absolute Gasteiger partial charge is 0.509 e. The third-order valence-electron chi connectivity index (χ3n) is 3.85. The molecule has 3 aromatic rings. The number of aromatic amines is 1. The van der Waals surface area contributed by atoms with Crippen LogP contribution in [0.25, 0.3) is 16.6 Å². The molecule has 23 heavy (non-hydrogen) atoms. The van der Waals surface area contributed by atoms with Gasteiger partial charge in [-0.2, -0.15) is 0 Å². The second kappa shape index (κ2) is 4.95. The molecule has 0 radical (unpaired) electrons. The lowest BCUT2D eigenvalue weighted by molar-refractivity contribution is 0.411. The number of rotatable bonds is 2. The summed E-state index contributed by atoms with van der Waals surface area (Å²) in [5.74, 6) is 0.233. The number of aromatic nitrogens is 2. The average molecular weight is 308 g/mol. The molecule has 114 valence electrons. The number of hydrogen-bond acceptors (Lipinski definition) is 3. The molecule has 0 aliphatic carbocycles. The first-order valence-electron chi connectivity index (χ1n) is 7.13. The van der Waals surface area contributed by atoms with Gasteiger partial charge in [0.15, 0.2) is 0 Å². The zero-order chi connectivity index (χ0) is 16.0. The Kier molecular flexibility index (Phi) is 2.90. The quantitative estimate of drug-likeness (QED) is 0.678. The Balaban J connectivity index is 1.75. The van der Waals surface area contributed by atoms with Gasteiger partial charge in [0.25, 0.3) is 0 Å². The third-order valence-corrected chi connectivity index (χ3v) is 3.85. The minimum Gasteiger partial charge on any atom is -0.509 e. The second-order valence-corrected chi connectivity index (χ2v) is 5.34. The van der Waals surface area contributed by atoms with Crippen LogP contribution in [-0.2, 0) is 0 Å². The molecule has 1 aliphatic rings. The lowest BCUT2D eigenvalue weighted by Crippen LogP contribution is -2.26. The zero-order valence-corrected chi connectivity index (χ0v) is 12.0. The molecule has 3 N–H and O–H groups in total. The zero-order valence-electron chi connectivity index (χ0n) is 12.0. The number of fused-ring (bicyclic) bond motifs is 1. The summed E-state index contributed by atoms with van der Waals surface area (Å²) in [6.07, 6.45) is 0. The second-order valence-electron chi connectivity index (χ2n) is 5.34. The van der Waals surface area contributed by atoms with Gasteiger partial charge in [0.2, 0.25) is 0 Å². The molecule has 0 saturated carbocycles. The van der Waals surface area contributed by atoms with E-state index in [0.29, 0.717) is 22.4 Å². The standard InChI is InChI=1S/C17H13FN4O/c18-10-6-7-12-13(8-10)21-17(20-12)15-14(23)9-22(16(15)19)11-4-2-1-3-5-11/h1-8,19,23H,9H2,(H,20,21). The molecule has 6 heteroatoms. The van der Waals surface area contributed by atoms with Crippen molar-refractivity contribution in [3.05, 3.63) is 65.9 Å². The van der Waals surface area contributed by atoms with Crippen LogP contribution >= 0.6 is 0 Å². The van der Waals surface area contributed by atoms with Crippen LogP contribution in [0.15, 0.2) is 54.3 Å². The van der Waals surface area contributed by atoms with Crippen molar-refractivity contribution in [3.63, 3.8) is 0 Å². The molecule has 1 aliphatic heterocycles. The van der Waals surface area contributed by atoms with E-state index in [1.807, 2.05) is 30.3 Å². The highest BCUT2D eigenvalue weighted by molar-refractivity contribution is 6.30. The van der Waals surface area contributed by atoms with Gasteiger partial charge >= 0.3 is 0 Å². The van der Waals surface area contributed by atoms with Gasteiger partial charge in [-0.3, -0.25) is 5.41 Å². The highest BCUT2D eigenvalue weighted by Gasteiger charge is 2.31. The fourth-order valence-electron chi connectivity index (χ4n) is 2.76. The summed E-state index contributed by atoms with van der Waals surface area (Å²) in [6.45, 7) is 0.212. The number of amidine groups is 1. The molecule has 0 spiro atoms. The van der Waals surface area contributed by atoms with E-state index in [0.717, 1.165) is 5.69 Å². The molecule has 0 saturated heterocycles. The maximum absolute atomic E-state index is 13.3. The Bertz CT molecular complexity index is 946. The van der Waals surface area contributed by atoms with Crippen molar-refractivity contribution in [1.29, 1.82) is 5.41 Å². The first-order valence-corrected chi connectivity index (χ1v) is 7.13. The third kappa shape index (κ3) is 2.15. The minimum atomic E-state index is -0.363. The summed E-state index contributed by atoms with van der Waals surface area (Å²) in [4.78, 5) is 9.02. The number of halogens is 1. The van der Waals surface area contributed by atoms with Gasteiger partial charge < -0.3 is 15.0 Å². The Morgan fingerprint density at radius 1 is 1.17 bits per heavy atom. The molecule has 2 heterocycles. The molecule has 0 amide bonds. The molecule has 1 aromatic heterocycles. The summed E-state index contributed by atoms with van der Waals surface area (Å²) in [7, 11) is 0. The molecule has 4 rings (SSSR count). The molecule has 5 nitrogen and oxygen atoms in total. The first kappa shape index (κ1) is 13.5. The number of H-pyrrole nitrogens is 1. The van der Waals surface area contributed by atoms with Crippen molar-refractivity contribution < 1.29 is 9.50 Å².